The number of carbonyl (C=O) groups is 1. The maximum absolute atomic E-state index is 12.2. The summed E-state index contributed by atoms with van der Waals surface area (Å²) in [5.41, 5.74) is 3.38. The van der Waals surface area contributed by atoms with Gasteiger partial charge in [-0.15, -0.1) is 0 Å². The number of anilines is 1. The molecule has 0 aliphatic carbocycles. The molecule has 0 saturated heterocycles. The van der Waals surface area contributed by atoms with E-state index in [4.69, 9.17) is 0 Å². The fourth-order valence-corrected chi connectivity index (χ4v) is 2.39. The molecule has 2 aromatic carbocycles. The highest BCUT2D eigenvalue weighted by atomic mass is 16.2. The molecular weight excluding hydrogens is 236 g/mol. The summed E-state index contributed by atoms with van der Waals surface area (Å²) in [6.45, 7) is 0.753. The molecule has 96 valence electrons. The second kappa shape index (κ2) is 5.24. The number of rotatable bonds is 2. The highest BCUT2D eigenvalue weighted by Crippen LogP contribution is 2.17. The topological polar surface area (TPSA) is 41.1 Å². The Hall–Kier alpha value is -2.13. The molecule has 1 atom stereocenters. The van der Waals surface area contributed by atoms with Crippen LogP contribution in [0, 0.1) is 0 Å². The number of hydrogen-bond acceptors (Lipinski definition) is 2. The summed E-state index contributed by atoms with van der Waals surface area (Å²) in [4.78, 5) is 12.2. The van der Waals surface area contributed by atoms with E-state index in [2.05, 4.69) is 22.8 Å². The van der Waals surface area contributed by atoms with E-state index in [1.54, 1.807) is 0 Å². The Kier molecular flexibility index (Phi) is 3.29. The highest BCUT2D eigenvalue weighted by Gasteiger charge is 2.23. The van der Waals surface area contributed by atoms with Gasteiger partial charge < -0.3 is 10.6 Å². The van der Waals surface area contributed by atoms with Crippen molar-refractivity contribution in [3.63, 3.8) is 0 Å². The number of benzene rings is 2. The Balaban J connectivity index is 1.70. The third-order valence-corrected chi connectivity index (χ3v) is 3.44. The van der Waals surface area contributed by atoms with Gasteiger partial charge in [-0.3, -0.25) is 4.79 Å². The summed E-state index contributed by atoms with van der Waals surface area (Å²) < 4.78 is 0. The SMILES string of the molecule is O=C(Nc1ccccc1)[C@H]1Cc2ccccc2CN1. The first-order chi connectivity index (χ1) is 9.33. The van der Waals surface area contributed by atoms with Gasteiger partial charge in [0, 0.05) is 12.2 Å². The molecule has 1 aliphatic rings. The van der Waals surface area contributed by atoms with Gasteiger partial charge in [-0.2, -0.15) is 0 Å². The van der Waals surface area contributed by atoms with Gasteiger partial charge in [0.1, 0.15) is 0 Å². The molecule has 1 aliphatic heterocycles. The third-order valence-electron chi connectivity index (χ3n) is 3.44. The molecular formula is C16H16N2O. The van der Waals surface area contributed by atoms with Gasteiger partial charge in [-0.25, -0.2) is 0 Å². The molecule has 0 fully saturated rings. The highest BCUT2D eigenvalue weighted by molar-refractivity contribution is 5.95. The third kappa shape index (κ3) is 2.66. The van der Waals surface area contributed by atoms with Crippen LogP contribution >= 0.6 is 0 Å². The smallest absolute Gasteiger partial charge is 0.241 e. The zero-order chi connectivity index (χ0) is 13.1. The number of carbonyl (C=O) groups excluding carboxylic acids is 1. The van der Waals surface area contributed by atoms with Crippen LogP contribution in [-0.2, 0) is 17.8 Å². The molecule has 3 rings (SSSR count). The van der Waals surface area contributed by atoms with Gasteiger partial charge >= 0.3 is 0 Å². The first kappa shape index (κ1) is 11.9. The Bertz CT molecular complexity index is 580. The van der Waals surface area contributed by atoms with E-state index in [0.717, 1.165) is 18.7 Å². The molecule has 1 amide bonds. The predicted octanol–water partition coefficient (Wildman–Crippen LogP) is 2.34. The van der Waals surface area contributed by atoms with Crippen molar-refractivity contribution in [2.24, 2.45) is 0 Å². The zero-order valence-corrected chi connectivity index (χ0v) is 10.6. The number of para-hydroxylation sites is 1. The van der Waals surface area contributed by atoms with Crippen LogP contribution in [0.2, 0.25) is 0 Å². The van der Waals surface area contributed by atoms with Crippen molar-refractivity contribution in [2.45, 2.75) is 19.0 Å². The largest absolute Gasteiger partial charge is 0.325 e. The lowest BCUT2D eigenvalue weighted by Crippen LogP contribution is -2.44. The molecule has 3 heteroatoms. The van der Waals surface area contributed by atoms with Crippen LogP contribution in [0.25, 0.3) is 0 Å². The molecule has 2 N–H and O–H groups in total. The van der Waals surface area contributed by atoms with E-state index in [9.17, 15) is 4.79 Å². The minimum atomic E-state index is -0.157. The van der Waals surface area contributed by atoms with Crippen LogP contribution in [0.1, 0.15) is 11.1 Å². The van der Waals surface area contributed by atoms with Crippen LogP contribution < -0.4 is 10.6 Å². The Morgan fingerprint density at radius 1 is 1.00 bits per heavy atom. The molecule has 0 radical (unpaired) electrons. The van der Waals surface area contributed by atoms with Crippen molar-refractivity contribution in [3.8, 4) is 0 Å². The molecule has 3 nitrogen and oxygen atoms in total. The molecule has 0 aromatic heterocycles. The fourth-order valence-electron chi connectivity index (χ4n) is 2.39. The normalized spacial score (nSPS) is 17.6. The minimum Gasteiger partial charge on any atom is -0.325 e. The summed E-state index contributed by atoms with van der Waals surface area (Å²) >= 11 is 0. The first-order valence-corrected chi connectivity index (χ1v) is 6.49. The summed E-state index contributed by atoms with van der Waals surface area (Å²) in [5, 5.41) is 6.22. The van der Waals surface area contributed by atoms with Crippen molar-refractivity contribution in [2.75, 3.05) is 5.32 Å². The summed E-state index contributed by atoms with van der Waals surface area (Å²) in [6, 6.07) is 17.7. The van der Waals surface area contributed by atoms with Crippen LogP contribution in [0.15, 0.2) is 54.6 Å². The average Bonchev–Trinajstić information content (AvgIpc) is 2.48. The van der Waals surface area contributed by atoms with Gasteiger partial charge in [0.15, 0.2) is 0 Å². The lowest BCUT2D eigenvalue weighted by atomic mass is 9.95. The van der Waals surface area contributed by atoms with Crippen molar-refractivity contribution in [1.29, 1.82) is 0 Å². The number of nitrogens with one attached hydrogen (secondary N) is 2. The number of fused-ring (bicyclic) bond motifs is 1. The van der Waals surface area contributed by atoms with Gasteiger partial charge in [-0.05, 0) is 29.7 Å². The molecule has 0 bridgehead atoms. The van der Waals surface area contributed by atoms with E-state index in [1.165, 1.54) is 11.1 Å². The molecule has 0 saturated carbocycles. The van der Waals surface area contributed by atoms with Crippen molar-refractivity contribution >= 4 is 11.6 Å². The summed E-state index contributed by atoms with van der Waals surface area (Å²) in [7, 11) is 0. The fraction of sp³-hybridized carbons (Fsp3) is 0.188. The molecule has 2 aromatic rings. The minimum absolute atomic E-state index is 0.0284. The maximum Gasteiger partial charge on any atom is 0.241 e. The van der Waals surface area contributed by atoms with Gasteiger partial charge in [0.25, 0.3) is 0 Å². The van der Waals surface area contributed by atoms with Crippen molar-refractivity contribution in [1.82, 2.24) is 5.32 Å². The molecule has 1 heterocycles. The van der Waals surface area contributed by atoms with Crippen LogP contribution in [0.3, 0.4) is 0 Å². The van der Waals surface area contributed by atoms with Crippen molar-refractivity contribution < 1.29 is 4.79 Å². The Morgan fingerprint density at radius 2 is 1.68 bits per heavy atom. The van der Waals surface area contributed by atoms with Gasteiger partial charge in [0.05, 0.1) is 6.04 Å². The monoisotopic (exact) mass is 252 g/mol. The van der Waals surface area contributed by atoms with Crippen LogP contribution in [-0.4, -0.2) is 11.9 Å². The molecule has 19 heavy (non-hydrogen) atoms. The second-order valence-electron chi connectivity index (χ2n) is 4.76. The lowest BCUT2D eigenvalue weighted by molar-refractivity contribution is -0.118. The Morgan fingerprint density at radius 3 is 2.47 bits per heavy atom. The van der Waals surface area contributed by atoms with E-state index < -0.39 is 0 Å². The lowest BCUT2D eigenvalue weighted by Gasteiger charge is -2.25. The summed E-state index contributed by atoms with van der Waals surface area (Å²) in [6.07, 6.45) is 0.745. The van der Waals surface area contributed by atoms with Gasteiger partial charge in [0.2, 0.25) is 5.91 Å². The van der Waals surface area contributed by atoms with Gasteiger partial charge in [-0.1, -0.05) is 42.5 Å². The number of amides is 1. The van der Waals surface area contributed by atoms with E-state index in [1.807, 2.05) is 42.5 Å². The van der Waals surface area contributed by atoms with Crippen molar-refractivity contribution in [3.05, 3.63) is 65.7 Å². The van der Waals surface area contributed by atoms with Crippen LogP contribution in [0.5, 0.6) is 0 Å². The summed E-state index contributed by atoms with van der Waals surface area (Å²) in [5.74, 6) is 0.0284. The molecule has 0 unspecified atom stereocenters. The first-order valence-electron chi connectivity index (χ1n) is 6.49. The standard InChI is InChI=1S/C16H16N2O/c19-16(18-14-8-2-1-3-9-14)15-10-12-6-4-5-7-13(12)11-17-15/h1-9,15,17H,10-11H2,(H,18,19)/t15-/m1/s1. The quantitative estimate of drug-likeness (QED) is 0.861. The Labute approximate surface area is 112 Å². The predicted molar refractivity (Wildman–Crippen MR) is 75.8 cm³/mol. The maximum atomic E-state index is 12.2. The van der Waals surface area contributed by atoms with E-state index in [-0.39, 0.29) is 11.9 Å². The number of hydrogen-bond donors (Lipinski definition) is 2. The van der Waals surface area contributed by atoms with E-state index in [0.29, 0.717) is 0 Å². The van der Waals surface area contributed by atoms with Crippen LogP contribution in [0.4, 0.5) is 5.69 Å². The second-order valence-corrected chi connectivity index (χ2v) is 4.76. The molecule has 0 spiro atoms. The average molecular weight is 252 g/mol. The van der Waals surface area contributed by atoms with E-state index >= 15 is 0 Å². The zero-order valence-electron chi connectivity index (χ0n) is 10.6.